The van der Waals surface area contributed by atoms with E-state index in [4.69, 9.17) is 0 Å². The van der Waals surface area contributed by atoms with Crippen molar-refractivity contribution in [1.82, 2.24) is 0 Å². The maximum Gasteiger partial charge on any atom is -0.0395 e. The van der Waals surface area contributed by atoms with Crippen LogP contribution in [-0.2, 0) is 0 Å². The normalized spacial score (nSPS) is 8.22. The van der Waals surface area contributed by atoms with Crippen LogP contribution < -0.4 is 0 Å². The lowest BCUT2D eigenvalue weighted by molar-refractivity contribution is 1.34. The third-order valence-electron chi connectivity index (χ3n) is 1.43. The van der Waals surface area contributed by atoms with Crippen molar-refractivity contribution in [3.63, 3.8) is 0 Å². The van der Waals surface area contributed by atoms with Crippen LogP contribution in [0.25, 0.3) is 0 Å². The van der Waals surface area contributed by atoms with Gasteiger partial charge in [0.25, 0.3) is 0 Å². The van der Waals surface area contributed by atoms with E-state index in [2.05, 4.69) is 38.1 Å². The van der Waals surface area contributed by atoms with Crippen LogP contribution in [0.2, 0.25) is 0 Å². The molecule has 0 amide bonds. The van der Waals surface area contributed by atoms with E-state index in [9.17, 15) is 0 Å². The molecule has 0 aliphatic rings. The van der Waals surface area contributed by atoms with Gasteiger partial charge in [-0.3, -0.25) is 0 Å². The number of hydrogen-bond acceptors (Lipinski definition) is 0. The molecule has 0 fully saturated rings. The van der Waals surface area contributed by atoms with E-state index in [-0.39, 0.29) is 12.4 Å². The number of benzene rings is 1. The van der Waals surface area contributed by atoms with Gasteiger partial charge < -0.3 is 0 Å². The molecular weight excluding hydrogens is 132 g/mol. The first kappa shape index (κ1) is 8.51. The van der Waals surface area contributed by atoms with Gasteiger partial charge in [-0.2, -0.15) is 0 Å². The second-order valence-electron chi connectivity index (χ2n) is 2.08. The van der Waals surface area contributed by atoms with Crippen molar-refractivity contribution in [2.24, 2.45) is 0 Å². The summed E-state index contributed by atoms with van der Waals surface area (Å²) in [5, 5.41) is 0. The van der Waals surface area contributed by atoms with Gasteiger partial charge in [0.05, 0.1) is 0 Å². The molecule has 1 heteroatoms. The van der Waals surface area contributed by atoms with Gasteiger partial charge in [0, 0.05) is 0 Å². The van der Waals surface area contributed by atoms with Gasteiger partial charge in [-0.25, -0.2) is 0 Å². The lowest BCUT2D eigenvalue weighted by Crippen LogP contribution is -1.74. The molecule has 0 aliphatic heterocycles. The maximum atomic E-state index is 2.12. The van der Waals surface area contributed by atoms with Crippen LogP contribution in [0.4, 0.5) is 0 Å². The number of rotatable bonds is 0. The fraction of sp³-hybridized carbons (Fsp3) is 0.250. The summed E-state index contributed by atoms with van der Waals surface area (Å²) in [4.78, 5) is 0. The molecule has 0 N–H and O–H groups in total. The van der Waals surface area contributed by atoms with Crippen molar-refractivity contribution in [3.05, 3.63) is 35.4 Å². The van der Waals surface area contributed by atoms with Crippen LogP contribution in [0.15, 0.2) is 24.3 Å². The SMILES string of the molecule is Cc1ccccc1C.Cl. The van der Waals surface area contributed by atoms with Crippen molar-refractivity contribution < 1.29 is 0 Å². The highest BCUT2D eigenvalue weighted by atomic mass is 35.5. The number of hydrogen-bond donors (Lipinski definition) is 0. The molecule has 1 aromatic rings. The first-order valence-electron chi connectivity index (χ1n) is 2.83. The summed E-state index contributed by atoms with van der Waals surface area (Å²) >= 11 is 0. The average molecular weight is 143 g/mol. The van der Waals surface area contributed by atoms with Crippen molar-refractivity contribution in [3.8, 4) is 0 Å². The van der Waals surface area contributed by atoms with E-state index in [1.807, 2.05) is 0 Å². The Kier molecular flexibility index (Phi) is 3.33. The van der Waals surface area contributed by atoms with E-state index in [0.717, 1.165) is 0 Å². The molecule has 0 saturated carbocycles. The molecule has 9 heavy (non-hydrogen) atoms. The quantitative estimate of drug-likeness (QED) is 0.523. The highest BCUT2D eigenvalue weighted by Crippen LogP contribution is 2.02. The topological polar surface area (TPSA) is 0 Å². The second-order valence-corrected chi connectivity index (χ2v) is 2.08. The molecule has 0 saturated heterocycles. The Morgan fingerprint density at radius 1 is 0.889 bits per heavy atom. The van der Waals surface area contributed by atoms with Crippen LogP contribution in [0.1, 0.15) is 11.1 Å². The molecule has 0 aromatic heterocycles. The maximum absolute atomic E-state index is 2.12. The highest BCUT2D eigenvalue weighted by molar-refractivity contribution is 5.85. The summed E-state index contributed by atoms with van der Waals surface area (Å²) in [5.74, 6) is 0. The van der Waals surface area contributed by atoms with E-state index in [0.29, 0.717) is 0 Å². The van der Waals surface area contributed by atoms with Crippen molar-refractivity contribution >= 4 is 12.4 Å². The molecule has 50 valence electrons. The molecule has 0 bridgehead atoms. The third-order valence-corrected chi connectivity index (χ3v) is 1.43. The van der Waals surface area contributed by atoms with Gasteiger partial charge in [0.2, 0.25) is 0 Å². The van der Waals surface area contributed by atoms with Crippen LogP contribution in [-0.4, -0.2) is 0 Å². The van der Waals surface area contributed by atoms with E-state index in [1.54, 1.807) is 0 Å². The van der Waals surface area contributed by atoms with E-state index < -0.39 is 0 Å². The molecule has 0 heterocycles. The summed E-state index contributed by atoms with van der Waals surface area (Å²) in [6.45, 7) is 4.24. The van der Waals surface area contributed by atoms with Crippen LogP contribution in [0, 0.1) is 13.8 Å². The monoisotopic (exact) mass is 142 g/mol. The summed E-state index contributed by atoms with van der Waals surface area (Å²) in [5.41, 5.74) is 2.74. The Balaban J connectivity index is 0.000000640. The average Bonchev–Trinajstić information content (AvgIpc) is 1.77. The number of aryl methyl sites for hydroxylation is 2. The predicted molar refractivity (Wildman–Crippen MR) is 43.2 cm³/mol. The summed E-state index contributed by atoms with van der Waals surface area (Å²) in [6.07, 6.45) is 0. The first-order chi connectivity index (χ1) is 3.80. The standard InChI is InChI=1S/C8H10.ClH/c1-7-5-3-4-6-8(7)2;/h3-6H,1-2H3;1H. The fourth-order valence-electron chi connectivity index (χ4n) is 0.663. The minimum atomic E-state index is 0. The third kappa shape index (κ3) is 2.06. The van der Waals surface area contributed by atoms with Crippen LogP contribution in [0.3, 0.4) is 0 Å². The van der Waals surface area contributed by atoms with Crippen LogP contribution >= 0.6 is 12.4 Å². The zero-order chi connectivity index (χ0) is 5.98. The Bertz CT molecular complexity index is 161. The first-order valence-corrected chi connectivity index (χ1v) is 2.83. The zero-order valence-electron chi connectivity index (χ0n) is 5.72. The molecular formula is C8H11Cl. The highest BCUT2D eigenvalue weighted by Gasteiger charge is 1.83. The second kappa shape index (κ2) is 3.52. The fourth-order valence-corrected chi connectivity index (χ4v) is 0.663. The molecule has 0 nitrogen and oxygen atoms in total. The molecule has 0 atom stereocenters. The largest absolute Gasteiger partial charge is 0.147 e. The Labute approximate surface area is 62.3 Å². The van der Waals surface area contributed by atoms with Gasteiger partial charge in [-0.1, -0.05) is 24.3 Å². The minimum Gasteiger partial charge on any atom is -0.147 e. The van der Waals surface area contributed by atoms with Crippen molar-refractivity contribution in [2.75, 3.05) is 0 Å². The van der Waals surface area contributed by atoms with Crippen LogP contribution in [0.5, 0.6) is 0 Å². The lowest BCUT2D eigenvalue weighted by atomic mass is 10.1. The number of halogens is 1. The minimum absolute atomic E-state index is 0. The molecule has 0 radical (unpaired) electrons. The van der Waals surface area contributed by atoms with Crippen molar-refractivity contribution in [1.29, 1.82) is 0 Å². The zero-order valence-corrected chi connectivity index (χ0v) is 6.53. The molecule has 0 unspecified atom stereocenters. The Morgan fingerprint density at radius 3 is 1.44 bits per heavy atom. The molecule has 1 rings (SSSR count). The summed E-state index contributed by atoms with van der Waals surface area (Å²) in [6, 6.07) is 8.36. The van der Waals surface area contributed by atoms with E-state index in [1.165, 1.54) is 11.1 Å². The predicted octanol–water partition coefficient (Wildman–Crippen LogP) is 2.73. The summed E-state index contributed by atoms with van der Waals surface area (Å²) in [7, 11) is 0. The smallest absolute Gasteiger partial charge is 0.0395 e. The Morgan fingerprint density at radius 2 is 1.22 bits per heavy atom. The summed E-state index contributed by atoms with van der Waals surface area (Å²) < 4.78 is 0. The molecule has 0 spiro atoms. The van der Waals surface area contributed by atoms with Gasteiger partial charge in [0.1, 0.15) is 0 Å². The van der Waals surface area contributed by atoms with Gasteiger partial charge >= 0.3 is 0 Å². The van der Waals surface area contributed by atoms with E-state index >= 15 is 0 Å². The molecule has 1 aromatic carbocycles. The Hall–Kier alpha value is -0.490. The van der Waals surface area contributed by atoms with Gasteiger partial charge in [-0.15, -0.1) is 12.4 Å². The molecule has 0 aliphatic carbocycles. The van der Waals surface area contributed by atoms with Gasteiger partial charge in [0.15, 0.2) is 0 Å². The van der Waals surface area contributed by atoms with Crippen molar-refractivity contribution in [2.45, 2.75) is 13.8 Å². The lowest BCUT2D eigenvalue weighted by Gasteiger charge is -1.93. The van der Waals surface area contributed by atoms with Gasteiger partial charge in [-0.05, 0) is 25.0 Å².